The summed E-state index contributed by atoms with van der Waals surface area (Å²) in [5.41, 5.74) is 2.71. The van der Waals surface area contributed by atoms with Gasteiger partial charge in [0, 0.05) is 5.92 Å². The van der Waals surface area contributed by atoms with E-state index < -0.39 is 17.4 Å². The second kappa shape index (κ2) is 8.26. The summed E-state index contributed by atoms with van der Waals surface area (Å²) in [6.07, 6.45) is 2.32. The normalized spacial score (nSPS) is 17.6. The topological polar surface area (TPSA) is 52.6 Å². The average molecular weight is 376 g/mol. The Hall–Kier alpha value is -3.14. The Labute approximate surface area is 165 Å². The summed E-state index contributed by atoms with van der Waals surface area (Å²) in [6, 6.07) is 20.0. The predicted octanol–water partition coefficient (Wildman–Crippen LogP) is 4.42. The molecule has 1 unspecified atom stereocenters. The maximum atomic E-state index is 12.7. The Bertz CT molecular complexity index is 839. The molecular weight excluding hydrogens is 352 g/mol. The molecule has 1 aliphatic rings. The van der Waals surface area contributed by atoms with Crippen molar-refractivity contribution >= 4 is 17.5 Å². The summed E-state index contributed by atoms with van der Waals surface area (Å²) in [5.74, 6) is -1.28. The van der Waals surface area contributed by atoms with Gasteiger partial charge in [-0.25, -0.2) is 0 Å². The highest BCUT2D eigenvalue weighted by atomic mass is 16.5. The number of benzene rings is 2. The monoisotopic (exact) mass is 376 g/mol. The molecule has 1 aliphatic carbocycles. The van der Waals surface area contributed by atoms with E-state index in [1.165, 1.54) is 14.2 Å². The molecule has 0 aromatic heterocycles. The molecule has 3 rings (SSSR count). The molecular formula is C24H24O4. The second-order valence-corrected chi connectivity index (χ2v) is 6.92. The maximum absolute atomic E-state index is 12.7. The van der Waals surface area contributed by atoms with Gasteiger partial charge >= 0.3 is 11.9 Å². The van der Waals surface area contributed by atoms with Gasteiger partial charge in [0.2, 0.25) is 0 Å². The van der Waals surface area contributed by atoms with Gasteiger partial charge in [-0.1, -0.05) is 72.3 Å². The Kier molecular flexibility index (Phi) is 5.78. The van der Waals surface area contributed by atoms with E-state index in [1.54, 1.807) is 6.08 Å². The first-order valence-electron chi connectivity index (χ1n) is 9.20. The molecule has 1 fully saturated rings. The smallest absolute Gasteiger partial charge is 0.323 e. The molecule has 1 saturated carbocycles. The first kappa shape index (κ1) is 19.6. The lowest BCUT2D eigenvalue weighted by molar-refractivity contribution is -0.168. The number of methoxy groups -OCH3 is 2. The lowest BCUT2D eigenvalue weighted by atomic mass is 9.84. The van der Waals surface area contributed by atoms with Crippen molar-refractivity contribution in [2.24, 2.45) is 11.3 Å². The molecule has 4 heteroatoms. The number of carbonyl (C=O) groups excluding carboxylic acids is 2. The van der Waals surface area contributed by atoms with Crippen molar-refractivity contribution in [3.05, 3.63) is 90.0 Å². The van der Waals surface area contributed by atoms with E-state index in [-0.39, 0.29) is 18.8 Å². The Morgan fingerprint density at radius 1 is 0.929 bits per heavy atom. The van der Waals surface area contributed by atoms with Crippen LogP contribution in [0, 0.1) is 11.3 Å². The average Bonchev–Trinajstić information content (AvgIpc) is 3.15. The first-order chi connectivity index (χ1) is 13.6. The van der Waals surface area contributed by atoms with Crippen LogP contribution in [0.3, 0.4) is 0 Å². The van der Waals surface area contributed by atoms with Crippen LogP contribution in [0.5, 0.6) is 0 Å². The lowest BCUT2D eigenvalue weighted by Gasteiger charge is -2.22. The van der Waals surface area contributed by atoms with Gasteiger partial charge in [0.15, 0.2) is 5.41 Å². The number of hydrogen-bond acceptors (Lipinski definition) is 4. The highest BCUT2D eigenvalue weighted by Crippen LogP contribution is 2.51. The zero-order chi connectivity index (χ0) is 20.1. The van der Waals surface area contributed by atoms with Gasteiger partial charge in [-0.3, -0.25) is 9.59 Å². The van der Waals surface area contributed by atoms with Crippen molar-refractivity contribution in [1.29, 1.82) is 0 Å². The molecule has 0 saturated heterocycles. The van der Waals surface area contributed by atoms with Gasteiger partial charge in [-0.05, 0) is 29.5 Å². The van der Waals surface area contributed by atoms with E-state index in [4.69, 9.17) is 9.47 Å². The van der Waals surface area contributed by atoms with Crippen molar-refractivity contribution < 1.29 is 19.1 Å². The van der Waals surface area contributed by atoms with Gasteiger partial charge in [-0.15, -0.1) is 6.58 Å². The molecule has 144 valence electrons. The lowest BCUT2D eigenvalue weighted by Crippen LogP contribution is -2.39. The molecule has 28 heavy (non-hydrogen) atoms. The van der Waals surface area contributed by atoms with Crippen LogP contribution in [0.1, 0.15) is 24.0 Å². The molecule has 2 aromatic carbocycles. The largest absolute Gasteiger partial charge is 0.468 e. The van der Waals surface area contributed by atoms with Crippen LogP contribution >= 0.6 is 0 Å². The van der Waals surface area contributed by atoms with Crippen molar-refractivity contribution in [3.8, 4) is 0 Å². The summed E-state index contributed by atoms with van der Waals surface area (Å²) >= 11 is 0. The molecule has 0 spiro atoms. The quantitative estimate of drug-likeness (QED) is 0.440. The van der Waals surface area contributed by atoms with Gasteiger partial charge in [0.1, 0.15) is 0 Å². The second-order valence-electron chi connectivity index (χ2n) is 6.92. The molecule has 0 bridgehead atoms. The van der Waals surface area contributed by atoms with E-state index in [0.29, 0.717) is 0 Å². The summed E-state index contributed by atoms with van der Waals surface area (Å²) < 4.78 is 9.99. The molecule has 0 amide bonds. The predicted molar refractivity (Wildman–Crippen MR) is 108 cm³/mol. The zero-order valence-electron chi connectivity index (χ0n) is 16.2. The van der Waals surface area contributed by atoms with Crippen LogP contribution in [0.2, 0.25) is 0 Å². The summed E-state index contributed by atoms with van der Waals surface area (Å²) in [4.78, 5) is 25.3. The van der Waals surface area contributed by atoms with Crippen molar-refractivity contribution in [2.45, 2.75) is 12.8 Å². The minimum atomic E-state index is -1.35. The third kappa shape index (κ3) is 3.38. The van der Waals surface area contributed by atoms with Gasteiger partial charge in [0.05, 0.1) is 14.2 Å². The fraction of sp³-hybridized carbons (Fsp3) is 0.250. The fourth-order valence-corrected chi connectivity index (χ4v) is 4.06. The fourth-order valence-electron chi connectivity index (χ4n) is 4.06. The van der Waals surface area contributed by atoms with Gasteiger partial charge in [-0.2, -0.15) is 0 Å². The van der Waals surface area contributed by atoms with E-state index in [1.807, 2.05) is 60.7 Å². The zero-order valence-corrected chi connectivity index (χ0v) is 16.2. The standard InChI is InChI=1S/C24H24O4/c1-4-17-15-24(22(25)27-2,23(26)28-3)16-20(17)21(18-11-7-5-8-12-18)19-13-9-6-10-14-19/h4-14,17H,1,15-16H2,2-3H3. The van der Waals surface area contributed by atoms with Crippen LogP contribution < -0.4 is 0 Å². The number of carbonyl (C=O) groups is 2. The SMILES string of the molecule is C=CC1CC(C(=O)OC)(C(=O)OC)CC1=C(c1ccccc1)c1ccccc1. The molecule has 2 aromatic rings. The molecule has 1 atom stereocenters. The Morgan fingerprint density at radius 2 is 1.39 bits per heavy atom. The molecule has 0 N–H and O–H groups in total. The summed E-state index contributed by atoms with van der Waals surface area (Å²) in [6.45, 7) is 3.96. The van der Waals surface area contributed by atoms with Crippen LogP contribution in [0.15, 0.2) is 78.9 Å². The summed E-state index contributed by atoms with van der Waals surface area (Å²) in [7, 11) is 2.60. The number of esters is 2. The molecule has 0 radical (unpaired) electrons. The summed E-state index contributed by atoms with van der Waals surface area (Å²) in [5, 5.41) is 0. The van der Waals surface area contributed by atoms with Crippen LogP contribution in [-0.4, -0.2) is 26.2 Å². The van der Waals surface area contributed by atoms with Crippen molar-refractivity contribution in [2.75, 3.05) is 14.2 Å². The van der Waals surface area contributed by atoms with E-state index in [9.17, 15) is 9.59 Å². The highest BCUT2D eigenvalue weighted by molar-refractivity contribution is 6.02. The number of rotatable bonds is 5. The Morgan fingerprint density at radius 3 is 1.79 bits per heavy atom. The minimum Gasteiger partial charge on any atom is -0.468 e. The third-order valence-electron chi connectivity index (χ3n) is 5.39. The molecule has 0 heterocycles. The van der Waals surface area contributed by atoms with E-state index >= 15 is 0 Å². The van der Waals surface area contributed by atoms with Crippen LogP contribution in [0.4, 0.5) is 0 Å². The minimum absolute atomic E-state index is 0.145. The van der Waals surface area contributed by atoms with Gasteiger partial charge in [0.25, 0.3) is 0 Å². The first-order valence-corrected chi connectivity index (χ1v) is 9.20. The molecule has 0 aliphatic heterocycles. The highest BCUT2D eigenvalue weighted by Gasteiger charge is 2.55. The van der Waals surface area contributed by atoms with Crippen molar-refractivity contribution in [1.82, 2.24) is 0 Å². The number of ether oxygens (including phenoxy) is 2. The van der Waals surface area contributed by atoms with Crippen LogP contribution in [-0.2, 0) is 19.1 Å². The van der Waals surface area contributed by atoms with Crippen molar-refractivity contribution in [3.63, 3.8) is 0 Å². The third-order valence-corrected chi connectivity index (χ3v) is 5.39. The van der Waals surface area contributed by atoms with Gasteiger partial charge < -0.3 is 9.47 Å². The molecule has 4 nitrogen and oxygen atoms in total. The van der Waals surface area contributed by atoms with E-state index in [0.717, 1.165) is 22.3 Å². The number of hydrogen-bond donors (Lipinski definition) is 0. The van der Waals surface area contributed by atoms with Crippen LogP contribution in [0.25, 0.3) is 5.57 Å². The maximum Gasteiger partial charge on any atom is 0.323 e. The Balaban J connectivity index is 2.25. The van der Waals surface area contributed by atoms with E-state index in [2.05, 4.69) is 6.58 Å². The number of allylic oxidation sites excluding steroid dienone is 2.